The third-order valence-electron chi connectivity index (χ3n) is 8.64. The molecule has 55 heavy (non-hydrogen) atoms. The van der Waals surface area contributed by atoms with E-state index in [0.29, 0.717) is 31.1 Å². The van der Waals surface area contributed by atoms with Crippen LogP contribution >= 0.6 is 11.3 Å². The molecule has 0 atom stereocenters. The van der Waals surface area contributed by atoms with Crippen molar-refractivity contribution in [2.45, 2.75) is 32.1 Å². The molecule has 3 aromatic carbocycles. The van der Waals surface area contributed by atoms with Crippen LogP contribution in [0.1, 0.15) is 36.8 Å². The van der Waals surface area contributed by atoms with Gasteiger partial charge in [0.15, 0.2) is 0 Å². The Labute approximate surface area is 322 Å². The summed E-state index contributed by atoms with van der Waals surface area (Å²) in [4.78, 5) is 42.5. The first-order valence-electron chi connectivity index (χ1n) is 17.5. The Bertz CT molecular complexity index is 1990. The van der Waals surface area contributed by atoms with Gasteiger partial charge in [-0.2, -0.15) is 0 Å². The van der Waals surface area contributed by atoms with Crippen LogP contribution in [-0.2, 0) is 35.6 Å². The van der Waals surface area contributed by atoms with Crippen LogP contribution in [0.2, 0.25) is 0 Å². The summed E-state index contributed by atoms with van der Waals surface area (Å²) in [6.07, 6.45) is 6.88. The van der Waals surface area contributed by atoms with E-state index in [2.05, 4.69) is 63.1 Å². The number of hydrogen-bond acceptors (Lipinski definition) is 11. The van der Waals surface area contributed by atoms with Crippen LogP contribution in [0.25, 0.3) is 20.5 Å². The number of likely N-dealkylation sites (tertiary alicyclic amines) is 2. The lowest BCUT2D eigenvalue weighted by Gasteiger charge is -2.17. The number of nitrogens with one attached hydrogen (secondary N) is 1. The first-order valence-corrected chi connectivity index (χ1v) is 20.2. The van der Waals surface area contributed by atoms with E-state index in [0.717, 1.165) is 43.1 Å². The molecule has 15 nitrogen and oxygen atoms in total. The molecule has 0 bridgehead atoms. The SMILES string of the molecule is CS(=O)(=O)Nc1cc(Cc2c(-c3ccc(OCCN4CCCC4)cc3)sc3ccccc23)ccc1OCCN1CCCC1.O=C(O)C(=O)O.O=C(O)C(=O)O. The van der Waals surface area contributed by atoms with E-state index >= 15 is 0 Å². The van der Waals surface area contributed by atoms with E-state index in [9.17, 15) is 8.42 Å². The number of fused-ring (bicyclic) bond motifs is 1. The first-order chi connectivity index (χ1) is 26.2. The first kappa shape index (κ1) is 42.5. The molecule has 6 rings (SSSR count). The van der Waals surface area contributed by atoms with E-state index < -0.39 is 33.9 Å². The van der Waals surface area contributed by atoms with Crippen LogP contribution in [-0.4, -0.2) is 121 Å². The fourth-order valence-corrected chi connectivity index (χ4v) is 7.88. The van der Waals surface area contributed by atoms with Gasteiger partial charge in [0.2, 0.25) is 10.0 Å². The van der Waals surface area contributed by atoms with Crippen molar-refractivity contribution in [3.8, 4) is 21.9 Å². The number of sulfonamides is 1. The van der Waals surface area contributed by atoms with Gasteiger partial charge in [0.1, 0.15) is 24.7 Å². The van der Waals surface area contributed by atoms with Gasteiger partial charge in [-0.05, 0) is 123 Å². The molecule has 2 aliphatic heterocycles. The Morgan fingerprint density at radius 3 is 1.78 bits per heavy atom. The lowest BCUT2D eigenvalue weighted by Crippen LogP contribution is -2.25. The molecule has 2 fully saturated rings. The Hall–Kier alpha value is -5.23. The van der Waals surface area contributed by atoms with Crippen LogP contribution < -0.4 is 14.2 Å². The number of carboxylic acid groups (broad SMARTS) is 4. The average molecular weight is 800 g/mol. The molecule has 2 aliphatic rings. The van der Waals surface area contributed by atoms with E-state index in [1.54, 1.807) is 11.3 Å². The molecular weight excluding hydrogens is 755 g/mol. The second-order valence-corrected chi connectivity index (χ2v) is 15.6. The Balaban J connectivity index is 0.000000488. The number of thiophene rings is 1. The molecule has 0 amide bonds. The molecule has 0 saturated carbocycles. The van der Waals surface area contributed by atoms with Crippen molar-refractivity contribution in [3.63, 3.8) is 0 Å². The predicted molar refractivity (Wildman–Crippen MR) is 208 cm³/mol. The predicted octanol–water partition coefficient (Wildman–Crippen LogP) is 4.79. The fourth-order valence-electron chi connectivity index (χ4n) is 6.10. The van der Waals surface area contributed by atoms with E-state index in [4.69, 9.17) is 49.1 Å². The molecule has 0 aliphatic carbocycles. The summed E-state index contributed by atoms with van der Waals surface area (Å²) in [5.41, 5.74) is 3.89. The van der Waals surface area contributed by atoms with Gasteiger partial charge in [-0.25, -0.2) is 27.6 Å². The van der Waals surface area contributed by atoms with Gasteiger partial charge in [-0.15, -0.1) is 11.3 Å². The van der Waals surface area contributed by atoms with Crippen molar-refractivity contribution < 1.29 is 57.5 Å². The molecule has 0 unspecified atom stereocenters. The number of anilines is 1. The highest BCUT2D eigenvalue weighted by atomic mass is 32.2. The summed E-state index contributed by atoms with van der Waals surface area (Å²) in [5.74, 6) is -5.85. The molecule has 4 aromatic rings. The zero-order valence-corrected chi connectivity index (χ0v) is 31.9. The fraction of sp³-hybridized carbons (Fsp3) is 0.368. The zero-order valence-electron chi connectivity index (χ0n) is 30.3. The molecule has 0 spiro atoms. The van der Waals surface area contributed by atoms with Crippen molar-refractivity contribution in [2.24, 2.45) is 0 Å². The average Bonchev–Trinajstić information content (AvgIpc) is 3.92. The second-order valence-electron chi connectivity index (χ2n) is 12.8. The van der Waals surface area contributed by atoms with E-state index in [1.807, 2.05) is 18.2 Å². The summed E-state index contributed by atoms with van der Waals surface area (Å²) < 4.78 is 40.6. The maximum absolute atomic E-state index is 12.3. The van der Waals surface area contributed by atoms with E-state index in [-0.39, 0.29) is 0 Å². The van der Waals surface area contributed by atoms with Gasteiger partial charge in [-0.3, -0.25) is 14.5 Å². The highest BCUT2D eigenvalue weighted by molar-refractivity contribution is 7.92. The topological polar surface area (TPSA) is 220 Å². The zero-order chi connectivity index (χ0) is 40.0. The summed E-state index contributed by atoms with van der Waals surface area (Å²) >= 11 is 1.79. The van der Waals surface area contributed by atoms with Crippen molar-refractivity contribution in [2.75, 3.05) is 63.5 Å². The van der Waals surface area contributed by atoms with E-state index in [1.165, 1.54) is 65.6 Å². The van der Waals surface area contributed by atoms with Gasteiger partial charge in [0, 0.05) is 22.7 Å². The molecule has 17 heteroatoms. The summed E-state index contributed by atoms with van der Waals surface area (Å²) in [6, 6.07) is 22.8. The maximum atomic E-state index is 12.3. The highest BCUT2D eigenvalue weighted by Crippen LogP contribution is 2.41. The Morgan fingerprint density at radius 2 is 1.25 bits per heavy atom. The van der Waals surface area contributed by atoms with Crippen LogP contribution in [0.5, 0.6) is 11.5 Å². The molecule has 5 N–H and O–H groups in total. The maximum Gasteiger partial charge on any atom is 0.414 e. The molecule has 3 heterocycles. The second kappa shape index (κ2) is 20.5. The molecule has 2 saturated heterocycles. The standard InChI is InChI=1S/C34H41N3O4S2.2C2H2O4/c1-43(38,39)35-31-25-26(10-15-32(31)41-23-21-37-18-6-7-19-37)24-30-29-8-2-3-9-33(29)42-34(30)27-11-13-28(14-12-27)40-22-20-36-16-4-5-17-36;2*3-1(4)2(5)6/h2-3,8-15,25,35H,4-7,16-24H2,1H3;2*(H,3,4)(H,5,6). The normalized spacial score (nSPS) is 14.3. The smallest absolute Gasteiger partial charge is 0.414 e. The quantitative estimate of drug-likeness (QED) is 0.115. The molecule has 1 aromatic heterocycles. The van der Waals surface area contributed by atoms with Gasteiger partial charge >= 0.3 is 23.9 Å². The number of ether oxygens (including phenoxy) is 2. The van der Waals surface area contributed by atoms with Crippen molar-refractivity contribution in [1.82, 2.24) is 9.80 Å². The molecule has 0 radical (unpaired) electrons. The lowest BCUT2D eigenvalue weighted by atomic mass is 9.98. The minimum absolute atomic E-state index is 0.484. The number of carboxylic acids is 4. The molecule has 296 valence electrons. The largest absolute Gasteiger partial charge is 0.492 e. The third kappa shape index (κ3) is 13.8. The van der Waals surface area contributed by atoms with Gasteiger partial charge in [0.25, 0.3) is 0 Å². The number of benzene rings is 3. The lowest BCUT2D eigenvalue weighted by molar-refractivity contribution is -0.159. The Morgan fingerprint density at radius 1 is 0.727 bits per heavy atom. The highest BCUT2D eigenvalue weighted by Gasteiger charge is 2.18. The van der Waals surface area contributed by atoms with Crippen LogP contribution in [0.4, 0.5) is 5.69 Å². The number of carbonyl (C=O) groups is 4. The number of nitrogens with zero attached hydrogens (tertiary/aromatic N) is 2. The summed E-state index contributed by atoms with van der Waals surface area (Å²) in [6.45, 7) is 7.59. The number of hydrogen-bond donors (Lipinski definition) is 5. The third-order valence-corrected chi connectivity index (χ3v) is 10.5. The van der Waals surface area contributed by atoms with Gasteiger partial charge < -0.3 is 29.9 Å². The monoisotopic (exact) mass is 799 g/mol. The van der Waals surface area contributed by atoms with Crippen molar-refractivity contribution >= 4 is 61.0 Å². The van der Waals surface area contributed by atoms with Gasteiger partial charge in [0.05, 0.1) is 11.9 Å². The van der Waals surface area contributed by atoms with Crippen LogP contribution in [0.15, 0.2) is 66.7 Å². The van der Waals surface area contributed by atoms with Crippen LogP contribution in [0.3, 0.4) is 0 Å². The van der Waals surface area contributed by atoms with Crippen molar-refractivity contribution in [3.05, 3.63) is 77.9 Å². The summed E-state index contributed by atoms with van der Waals surface area (Å²) in [7, 11) is -3.47. The van der Waals surface area contributed by atoms with Crippen LogP contribution in [0, 0.1) is 0 Å². The minimum atomic E-state index is -3.47. The van der Waals surface area contributed by atoms with Crippen molar-refractivity contribution in [1.29, 1.82) is 0 Å². The number of aliphatic carboxylic acids is 4. The molecular formula is C38H45N3O12S2. The van der Waals surface area contributed by atoms with Gasteiger partial charge in [-0.1, -0.05) is 24.3 Å². The summed E-state index contributed by atoms with van der Waals surface area (Å²) in [5, 5.41) is 30.8. The number of rotatable bonds is 13. The Kier molecular flexibility index (Phi) is 15.8. The minimum Gasteiger partial charge on any atom is -0.492 e.